The largest absolute Gasteiger partial charge is 0.325 e. The summed E-state index contributed by atoms with van der Waals surface area (Å²) in [4.78, 5) is 12.2. The monoisotopic (exact) mass is 251 g/mol. The molecule has 0 bridgehead atoms. The van der Waals surface area contributed by atoms with Gasteiger partial charge >= 0.3 is 0 Å². The summed E-state index contributed by atoms with van der Waals surface area (Å²) in [5.74, 6) is 0.0313. The first kappa shape index (κ1) is 12.0. The van der Waals surface area contributed by atoms with Gasteiger partial charge in [-0.15, -0.1) is 0 Å². The number of carbonyl (C=O) groups excluding carboxylic acids is 1. The molecule has 96 valence electrons. The molecular formula is C17H17NO. The van der Waals surface area contributed by atoms with Crippen LogP contribution in [0.2, 0.25) is 0 Å². The lowest BCUT2D eigenvalue weighted by Crippen LogP contribution is -2.28. The Bertz CT molecular complexity index is 604. The summed E-state index contributed by atoms with van der Waals surface area (Å²) in [6.45, 7) is 2.15. The Balaban J connectivity index is 1.96. The van der Waals surface area contributed by atoms with Gasteiger partial charge in [0.1, 0.15) is 0 Å². The van der Waals surface area contributed by atoms with Gasteiger partial charge in [0, 0.05) is 5.69 Å². The summed E-state index contributed by atoms with van der Waals surface area (Å²) < 4.78 is 0. The second-order valence-electron chi connectivity index (χ2n) is 5.00. The molecule has 2 heteroatoms. The van der Waals surface area contributed by atoms with Crippen molar-refractivity contribution < 1.29 is 4.79 Å². The van der Waals surface area contributed by atoms with Gasteiger partial charge in [0.15, 0.2) is 0 Å². The molecule has 1 amide bonds. The Hall–Kier alpha value is -2.09. The zero-order valence-corrected chi connectivity index (χ0v) is 11.0. The fourth-order valence-electron chi connectivity index (χ4n) is 2.64. The smallest absolute Gasteiger partial charge is 0.232 e. The maximum Gasteiger partial charge on any atom is 0.232 e. The lowest BCUT2D eigenvalue weighted by molar-refractivity contribution is -0.117. The molecule has 1 aliphatic rings. The summed E-state index contributed by atoms with van der Waals surface area (Å²) in [5, 5.41) is 3.02. The summed E-state index contributed by atoms with van der Waals surface area (Å²) >= 11 is 0. The third kappa shape index (κ3) is 2.26. The Morgan fingerprint density at radius 2 is 1.95 bits per heavy atom. The molecule has 3 rings (SSSR count). The molecule has 1 aliphatic heterocycles. The SMILES string of the molecule is CCc1ccc2c(c1)CC(c1ccccc1)C(=O)N2. The van der Waals surface area contributed by atoms with Crippen molar-refractivity contribution in [3.8, 4) is 0 Å². The van der Waals surface area contributed by atoms with Crippen molar-refractivity contribution in [1.82, 2.24) is 0 Å². The number of hydrogen-bond donors (Lipinski definition) is 1. The molecule has 19 heavy (non-hydrogen) atoms. The topological polar surface area (TPSA) is 29.1 Å². The standard InChI is InChI=1S/C17H17NO/c1-2-12-8-9-16-14(10-12)11-15(17(19)18-16)13-6-4-3-5-7-13/h3-10,15H,2,11H2,1H3,(H,18,19). The number of rotatable bonds is 2. The van der Waals surface area contributed by atoms with Crippen LogP contribution >= 0.6 is 0 Å². The van der Waals surface area contributed by atoms with E-state index in [4.69, 9.17) is 0 Å². The van der Waals surface area contributed by atoms with Crippen molar-refractivity contribution in [3.63, 3.8) is 0 Å². The van der Waals surface area contributed by atoms with Gasteiger partial charge in [0.2, 0.25) is 5.91 Å². The minimum atomic E-state index is -0.0687. The molecular weight excluding hydrogens is 234 g/mol. The molecule has 2 nitrogen and oxygen atoms in total. The second kappa shape index (κ2) is 4.88. The molecule has 1 atom stereocenters. The van der Waals surface area contributed by atoms with Crippen molar-refractivity contribution in [2.45, 2.75) is 25.7 Å². The number of carbonyl (C=O) groups is 1. The van der Waals surface area contributed by atoms with Crippen LogP contribution in [0.4, 0.5) is 5.69 Å². The van der Waals surface area contributed by atoms with Crippen LogP contribution in [0.5, 0.6) is 0 Å². The Labute approximate surface area is 113 Å². The fourth-order valence-corrected chi connectivity index (χ4v) is 2.64. The fraction of sp³-hybridized carbons (Fsp3) is 0.235. The maximum atomic E-state index is 12.2. The van der Waals surface area contributed by atoms with E-state index in [1.54, 1.807) is 0 Å². The van der Waals surface area contributed by atoms with Crippen molar-refractivity contribution >= 4 is 11.6 Å². The molecule has 2 aromatic rings. The van der Waals surface area contributed by atoms with Crippen molar-refractivity contribution in [2.75, 3.05) is 5.32 Å². The summed E-state index contributed by atoms with van der Waals surface area (Å²) in [6.07, 6.45) is 1.82. The Morgan fingerprint density at radius 1 is 1.16 bits per heavy atom. The summed E-state index contributed by atoms with van der Waals surface area (Å²) in [5.41, 5.74) is 4.62. The minimum absolute atomic E-state index is 0.0687. The highest BCUT2D eigenvalue weighted by Crippen LogP contribution is 2.32. The highest BCUT2D eigenvalue weighted by atomic mass is 16.1. The third-order valence-electron chi connectivity index (χ3n) is 3.78. The lowest BCUT2D eigenvalue weighted by Gasteiger charge is -2.25. The molecule has 0 aromatic heterocycles. The maximum absolute atomic E-state index is 12.2. The predicted octanol–water partition coefficient (Wildman–Crippen LogP) is 3.53. The van der Waals surface area contributed by atoms with Gasteiger partial charge in [0.25, 0.3) is 0 Å². The van der Waals surface area contributed by atoms with Crippen LogP contribution in [0.1, 0.15) is 29.5 Å². The molecule has 0 radical (unpaired) electrons. The van der Waals surface area contributed by atoms with E-state index in [1.165, 1.54) is 11.1 Å². The summed E-state index contributed by atoms with van der Waals surface area (Å²) in [7, 11) is 0. The van der Waals surface area contributed by atoms with Gasteiger partial charge in [-0.25, -0.2) is 0 Å². The number of nitrogens with one attached hydrogen (secondary N) is 1. The first-order valence-corrected chi connectivity index (χ1v) is 6.75. The van der Waals surface area contributed by atoms with Gasteiger partial charge in [-0.1, -0.05) is 49.4 Å². The number of benzene rings is 2. The number of fused-ring (bicyclic) bond motifs is 1. The van der Waals surface area contributed by atoms with E-state index in [2.05, 4.69) is 24.4 Å². The van der Waals surface area contributed by atoms with E-state index in [0.717, 1.165) is 24.1 Å². The quantitative estimate of drug-likeness (QED) is 0.869. The normalized spacial score (nSPS) is 17.7. The van der Waals surface area contributed by atoms with E-state index in [9.17, 15) is 4.79 Å². The molecule has 0 saturated heterocycles. The molecule has 0 saturated carbocycles. The molecule has 0 fully saturated rings. The van der Waals surface area contributed by atoms with E-state index < -0.39 is 0 Å². The predicted molar refractivity (Wildman–Crippen MR) is 77.3 cm³/mol. The van der Waals surface area contributed by atoms with Gasteiger partial charge in [0.05, 0.1) is 5.92 Å². The third-order valence-corrected chi connectivity index (χ3v) is 3.78. The van der Waals surface area contributed by atoms with E-state index in [-0.39, 0.29) is 11.8 Å². The van der Waals surface area contributed by atoms with Gasteiger partial charge in [-0.05, 0) is 35.6 Å². The van der Waals surface area contributed by atoms with Crippen LogP contribution in [0, 0.1) is 0 Å². The van der Waals surface area contributed by atoms with E-state index >= 15 is 0 Å². The van der Waals surface area contributed by atoms with Crippen molar-refractivity contribution in [2.24, 2.45) is 0 Å². The number of anilines is 1. The van der Waals surface area contributed by atoms with Crippen molar-refractivity contribution in [3.05, 3.63) is 65.2 Å². The number of aryl methyl sites for hydroxylation is 1. The second-order valence-corrected chi connectivity index (χ2v) is 5.00. The zero-order valence-electron chi connectivity index (χ0n) is 11.0. The lowest BCUT2D eigenvalue weighted by atomic mass is 9.87. The highest BCUT2D eigenvalue weighted by Gasteiger charge is 2.27. The molecule has 1 unspecified atom stereocenters. The van der Waals surface area contributed by atoms with Gasteiger partial charge in [-0.2, -0.15) is 0 Å². The summed E-state index contributed by atoms with van der Waals surface area (Å²) in [6, 6.07) is 16.3. The van der Waals surface area contributed by atoms with Gasteiger partial charge < -0.3 is 5.32 Å². The number of amides is 1. The van der Waals surface area contributed by atoms with Crippen molar-refractivity contribution in [1.29, 1.82) is 0 Å². The molecule has 2 aromatic carbocycles. The van der Waals surface area contributed by atoms with Gasteiger partial charge in [-0.3, -0.25) is 4.79 Å². The van der Waals surface area contributed by atoms with Crippen LogP contribution in [-0.4, -0.2) is 5.91 Å². The molecule has 1 N–H and O–H groups in total. The first-order chi connectivity index (χ1) is 9.28. The Kier molecular flexibility index (Phi) is 3.08. The van der Waals surface area contributed by atoms with E-state index in [1.807, 2.05) is 36.4 Å². The van der Waals surface area contributed by atoms with Crippen LogP contribution in [0.15, 0.2) is 48.5 Å². The first-order valence-electron chi connectivity index (χ1n) is 6.75. The van der Waals surface area contributed by atoms with Crippen LogP contribution < -0.4 is 5.32 Å². The van der Waals surface area contributed by atoms with E-state index in [0.29, 0.717) is 0 Å². The average Bonchev–Trinajstić information content (AvgIpc) is 2.47. The average molecular weight is 251 g/mol. The molecule has 0 aliphatic carbocycles. The molecule has 1 heterocycles. The van der Waals surface area contributed by atoms with Crippen LogP contribution in [-0.2, 0) is 17.6 Å². The van der Waals surface area contributed by atoms with Crippen LogP contribution in [0.25, 0.3) is 0 Å². The molecule has 0 spiro atoms. The van der Waals surface area contributed by atoms with Crippen LogP contribution in [0.3, 0.4) is 0 Å². The highest BCUT2D eigenvalue weighted by molar-refractivity contribution is 5.99. The number of hydrogen-bond acceptors (Lipinski definition) is 1. The minimum Gasteiger partial charge on any atom is -0.325 e. The zero-order chi connectivity index (χ0) is 13.2. The Morgan fingerprint density at radius 3 is 2.68 bits per heavy atom.